The van der Waals surface area contributed by atoms with Crippen molar-refractivity contribution in [1.29, 1.82) is 0 Å². The van der Waals surface area contributed by atoms with Crippen molar-refractivity contribution in [3.63, 3.8) is 0 Å². The number of benzene rings is 2. The summed E-state index contributed by atoms with van der Waals surface area (Å²) in [4.78, 5) is 26.6. The van der Waals surface area contributed by atoms with Crippen LogP contribution in [-0.4, -0.2) is 34.5 Å². The molecule has 0 saturated heterocycles. The maximum atomic E-state index is 12.2. The number of carbonyl (C=O) groups is 1. The molecule has 6 heteroatoms. The number of rotatable bonds is 9. The van der Waals surface area contributed by atoms with E-state index < -0.39 is 5.76 Å². The van der Waals surface area contributed by atoms with Gasteiger partial charge in [0.2, 0.25) is 5.91 Å². The van der Waals surface area contributed by atoms with Gasteiger partial charge in [-0.2, -0.15) is 0 Å². The average Bonchev–Trinajstić information content (AvgIpc) is 3.00. The second kappa shape index (κ2) is 9.37. The molecule has 28 heavy (non-hydrogen) atoms. The second-order valence-electron chi connectivity index (χ2n) is 7.18. The molecule has 0 spiro atoms. The Kier molecular flexibility index (Phi) is 6.66. The Hall–Kier alpha value is -2.86. The van der Waals surface area contributed by atoms with E-state index in [1.165, 1.54) is 10.1 Å². The maximum Gasteiger partial charge on any atom is 0.420 e. The van der Waals surface area contributed by atoms with Gasteiger partial charge in [-0.1, -0.05) is 42.5 Å². The monoisotopic (exact) mass is 381 g/mol. The summed E-state index contributed by atoms with van der Waals surface area (Å²) in [6, 6.07) is 17.9. The molecule has 0 aliphatic carbocycles. The number of hydrogen-bond acceptors (Lipinski definition) is 4. The highest BCUT2D eigenvalue weighted by atomic mass is 16.4. The molecule has 0 radical (unpaired) electrons. The molecule has 0 bridgehead atoms. The summed E-state index contributed by atoms with van der Waals surface area (Å²) in [7, 11) is 0. The van der Waals surface area contributed by atoms with E-state index in [-0.39, 0.29) is 12.5 Å². The van der Waals surface area contributed by atoms with Crippen molar-refractivity contribution in [2.24, 2.45) is 0 Å². The Morgan fingerprint density at radius 2 is 1.82 bits per heavy atom. The third kappa shape index (κ3) is 5.10. The lowest BCUT2D eigenvalue weighted by Crippen LogP contribution is -2.35. The van der Waals surface area contributed by atoms with Gasteiger partial charge in [0.15, 0.2) is 5.58 Å². The summed E-state index contributed by atoms with van der Waals surface area (Å²) in [5.41, 5.74) is 2.41. The summed E-state index contributed by atoms with van der Waals surface area (Å²) in [6.45, 7) is 6.68. The molecule has 2 aromatic carbocycles. The molecule has 0 saturated carbocycles. The quantitative estimate of drug-likeness (QED) is 0.579. The van der Waals surface area contributed by atoms with Crippen molar-refractivity contribution in [3.05, 3.63) is 70.7 Å². The maximum absolute atomic E-state index is 12.2. The van der Waals surface area contributed by atoms with Crippen molar-refractivity contribution >= 4 is 17.0 Å². The predicted molar refractivity (Wildman–Crippen MR) is 110 cm³/mol. The molecular weight excluding hydrogens is 354 g/mol. The van der Waals surface area contributed by atoms with E-state index in [2.05, 4.69) is 48.3 Å². The summed E-state index contributed by atoms with van der Waals surface area (Å²) in [5, 5.41) is 2.90. The highest BCUT2D eigenvalue weighted by Gasteiger charge is 2.13. The first-order valence-electron chi connectivity index (χ1n) is 9.67. The minimum atomic E-state index is -0.509. The molecule has 3 aromatic rings. The Morgan fingerprint density at radius 3 is 2.57 bits per heavy atom. The van der Waals surface area contributed by atoms with Gasteiger partial charge in [-0.15, -0.1) is 0 Å². The SMILES string of the molecule is CC(C)N(CCCNC(=O)Cn1c(=O)oc2ccccc21)Cc1ccccc1. The van der Waals surface area contributed by atoms with Gasteiger partial charge in [-0.25, -0.2) is 4.79 Å². The zero-order valence-corrected chi connectivity index (χ0v) is 16.4. The molecule has 0 unspecified atom stereocenters. The largest absolute Gasteiger partial charge is 0.420 e. The topological polar surface area (TPSA) is 67.5 Å². The van der Waals surface area contributed by atoms with Crippen molar-refractivity contribution in [2.45, 2.75) is 39.4 Å². The molecule has 1 heterocycles. The normalized spacial score (nSPS) is 11.4. The highest BCUT2D eigenvalue weighted by molar-refractivity contribution is 5.79. The van der Waals surface area contributed by atoms with Crippen LogP contribution >= 0.6 is 0 Å². The summed E-state index contributed by atoms with van der Waals surface area (Å²) in [6.07, 6.45) is 0.845. The summed E-state index contributed by atoms with van der Waals surface area (Å²) in [5.74, 6) is -0.696. The first-order chi connectivity index (χ1) is 13.5. The predicted octanol–water partition coefficient (Wildman–Crippen LogP) is 3.01. The standard InChI is InChI=1S/C22H27N3O3/c1-17(2)24(15-18-9-4-3-5-10-18)14-8-13-23-21(26)16-25-19-11-6-7-12-20(19)28-22(25)27/h3-7,9-12,17H,8,13-16H2,1-2H3,(H,23,26). The van der Waals surface area contributed by atoms with Crippen LogP contribution in [0.3, 0.4) is 0 Å². The highest BCUT2D eigenvalue weighted by Crippen LogP contribution is 2.11. The fourth-order valence-electron chi connectivity index (χ4n) is 3.21. The van der Waals surface area contributed by atoms with E-state index in [4.69, 9.17) is 4.42 Å². The molecule has 1 N–H and O–H groups in total. The Morgan fingerprint density at radius 1 is 1.11 bits per heavy atom. The molecule has 0 fully saturated rings. The lowest BCUT2D eigenvalue weighted by Gasteiger charge is -2.26. The lowest BCUT2D eigenvalue weighted by molar-refractivity contribution is -0.121. The van der Waals surface area contributed by atoms with Crippen LogP contribution in [0.15, 0.2) is 63.8 Å². The average molecular weight is 381 g/mol. The Bertz CT molecular complexity index is 960. The van der Waals surface area contributed by atoms with Gasteiger partial charge in [0.05, 0.1) is 5.52 Å². The van der Waals surface area contributed by atoms with E-state index >= 15 is 0 Å². The first kappa shape index (κ1) is 19.9. The fourth-order valence-corrected chi connectivity index (χ4v) is 3.21. The van der Waals surface area contributed by atoms with Gasteiger partial charge < -0.3 is 9.73 Å². The van der Waals surface area contributed by atoms with Crippen LogP contribution in [0.4, 0.5) is 0 Å². The number of carbonyl (C=O) groups excluding carboxylic acids is 1. The van der Waals surface area contributed by atoms with Gasteiger partial charge in [0.1, 0.15) is 6.54 Å². The number of oxazole rings is 1. The van der Waals surface area contributed by atoms with Crippen LogP contribution in [0, 0.1) is 0 Å². The van der Waals surface area contributed by atoms with Crippen molar-refractivity contribution in [2.75, 3.05) is 13.1 Å². The molecular formula is C22H27N3O3. The lowest BCUT2D eigenvalue weighted by atomic mass is 10.2. The van der Waals surface area contributed by atoms with Crippen molar-refractivity contribution in [1.82, 2.24) is 14.8 Å². The minimum absolute atomic E-state index is 0.0340. The smallest absolute Gasteiger partial charge is 0.408 e. The van der Waals surface area contributed by atoms with Crippen LogP contribution in [-0.2, 0) is 17.9 Å². The zero-order chi connectivity index (χ0) is 19.9. The van der Waals surface area contributed by atoms with Gasteiger partial charge in [-0.05, 0) is 38.0 Å². The number of fused-ring (bicyclic) bond motifs is 1. The molecule has 3 rings (SSSR count). The van der Waals surface area contributed by atoms with E-state index in [1.54, 1.807) is 18.2 Å². The molecule has 6 nitrogen and oxygen atoms in total. The molecule has 0 aliphatic rings. The fraction of sp³-hybridized carbons (Fsp3) is 0.364. The van der Waals surface area contributed by atoms with Crippen LogP contribution in [0.2, 0.25) is 0 Å². The van der Waals surface area contributed by atoms with Gasteiger partial charge in [0, 0.05) is 25.7 Å². The second-order valence-corrected chi connectivity index (χ2v) is 7.18. The van der Waals surface area contributed by atoms with Crippen LogP contribution in [0.1, 0.15) is 25.8 Å². The van der Waals surface area contributed by atoms with Gasteiger partial charge in [0.25, 0.3) is 0 Å². The molecule has 148 valence electrons. The third-order valence-corrected chi connectivity index (χ3v) is 4.78. The number of amides is 1. The van der Waals surface area contributed by atoms with Crippen molar-refractivity contribution < 1.29 is 9.21 Å². The van der Waals surface area contributed by atoms with E-state index in [1.807, 2.05) is 12.1 Å². The number of hydrogen-bond donors (Lipinski definition) is 1. The molecule has 0 atom stereocenters. The van der Waals surface area contributed by atoms with Gasteiger partial charge >= 0.3 is 5.76 Å². The molecule has 1 aromatic heterocycles. The summed E-state index contributed by atoms with van der Waals surface area (Å²) >= 11 is 0. The van der Waals surface area contributed by atoms with Gasteiger partial charge in [-0.3, -0.25) is 14.3 Å². The van der Waals surface area contributed by atoms with E-state index in [9.17, 15) is 9.59 Å². The zero-order valence-electron chi connectivity index (χ0n) is 16.4. The van der Waals surface area contributed by atoms with Crippen LogP contribution in [0.5, 0.6) is 0 Å². The summed E-state index contributed by atoms with van der Waals surface area (Å²) < 4.78 is 6.52. The minimum Gasteiger partial charge on any atom is -0.408 e. The number of aromatic nitrogens is 1. The molecule has 1 amide bonds. The van der Waals surface area contributed by atoms with Crippen LogP contribution < -0.4 is 11.1 Å². The molecule has 0 aliphatic heterocycles. The van der Waals surface area contributed by atoms with Crippen LogP contribution in [0.25, 0.3) is 11.1 Å². The van der Waals surface area contributed by atoms with E-state index in [0.717, 1.165) is 19.5 Å². The Labute approximate surface area is 164 Å². The number of nitrogens with one attached hydrogen (secondary N) is 1. The van der Waals surface area contributed by atoms with Crippen molar-refractivity contribution in [3.8, 4) is 0 Å². The number of para-hydroxylation sites is 2. The third-order valence-electron chi connectivity index (χ3n) is 4.78. The van der Waals surface area contributed by atoms with E-state index in [0.29, 0.717) is 23.7 Å². The number of nitrogens with zero attached hydrogens (tertiary/aromatic N) is 2. The first-order valence-corrected chi connectivity index (χ1v) is 9.67. The Balaban J connectivity index is 1.48.